The zero-order valence-corrected chi connectivity index (χ0v) is 13.6. The molecule has 0 heterocycles. The first-order chi connectivity index (χ1) is 7.72. The maximum atomic E-state index is 6.26. The van der Waals surface area contributed by atoms with Crippen molar-refractivity contribution in [2.24, 2.45) is 17.8 Å². The Kier molecular flexibility index (Phi) is 7.29. The van der Waals surface area contributed by atoms with Gasteiger partial charge in [0.05, 0.1) is 6.10 Å². The van der Waals surface area contributed by atoms with Gasteiger partial charge in [0.15, 0.2) is 0 Å². The normalized spacial score (nSPS) is 15.9. The summed E-state index contributed by atoms with van der Waals surface area (Å²) in [6.07, 6.45) is 0.247. The van der Waals surface area contributed by atoms with Gasteiger partial charge in [0.25, 0.3) is 0 Å². The summed E-state index contributed by atoms with van der Waals surface area (Å²) in [5.74, 6) is 1.54. The van der Waals surface area contributed by atoms with Crippen LogP contribution in [0.2, 0.25) is 6.55 Å². The first-order valence-corrected chi connectivity index (χ1v) is 9.06. The van der Waals surface area contributed by atoms with Crippen molar-refractivity contribution >= 4 is 8.56 Å². The molecule has 0 aliphatic carbocycles. The summed E-state index contributed by atoms with van der Waals surface area (Å²) in [6, 6.07) is 0. The van der Waals surface area contributed by atoms with Gasteiger partial charge in [0.2, 0.25) is 0 Å². The topological polar surface area (TPSA) is 18.5 Å². The van der Waals surface area contributed by atoms with Gasteiger partial charge in [-0.1, -0.05) is 41.5 Å². The third kappa shape index (κ3) is 6.39. The van der Waals surface area contributed by atoms with E-state index in [-0.39, 0.29) is 6.10 Å². The van der Waals surface area contributed by atoms with Crippen molar-refractivity contribution in [1.82, 2.24) is 0 Å². The van der Waals surface area contributed by atoms with Crippen LogP contribution in [-0.4, -0.2) is 21.3 Å². The number of rotatable bonds is 8. The maximum absolute atomic E-state index is 6.26. The van der Waals surface area contributed by atoms with Gasteiger partial charge in [-0.05, 0) is 30.0 Å². The second-order valence-corrected chi connectivity index (χ2v) is 8.96. The van der Waals surface area contributed by atoms with E-state index in [0.717, 1.165) is 6.61 Å². The quantitative estimate of drug-likeness (QED) is 0.609. The molecule has 0 saturated carbocycles. The Hall–Kier alpha value is -0.123. The van der Waals surface area contributed by atoms with E-state index in [4.69, 9.17) is 8.85 Å². The molecule has 0 bridgehead atoms. The van der Waals surface area contributed by atoms with Crippen molar-refractivity contribution in [2.75, 3.05) is 6.61 Å². The first kappa shape index (κ1) is 16.9. The van der Waals surface area contributed by atoms with Gasteiger partial charge in [-0.2, -0.15) is 0 Å². The lowest BCUT2D eigenvalue weighted by molar-refractivity contribution is 0.0555. The lowest BCUT2D eigenvalue weighted by Gasteiger charge is -2.34. The van der Waals surface area contributed by atoms with E-state index in [1.54, 1.807) is 0 Å². The Bertz CT molecular complexity index is 218. The summed E-state index contributed by atoms with van der Waals surface area (Å²) in [6.45, 7) is 19.8. The van der Waals surface area contributed by atoms with Crippen LogP contribution in [0.25, 0.3) is 0 Å². The molecule has 0 rings (SSSR count). The van der Waals surface area contributed by atoms with Gasteiger partial charge in [-0.15, -0.1) is 6.58 Å². The molecule has 3 heteroatoms. The molecule has 102 valence electrons. The molecule has 0 radical (unpaired) electrons. The van der Waals surface area contributed by atoms with E-state index in [2.05, 4.69) is 54.7 Å². The average Bonchev–Trinajstić information content (AvgIpc) is 2.22. The van der Waals surface area contributed by atoms with Gasteiger partial charge in [-0.3, -0.25) is 0 Å². The van der Waals surface area contributed by atoms with Crippen LogP contribution in [0.5, 0.6) is 0 Å². The molecule has 1 unspecified atom stereocenters. The molecule has 0 aromatic rings. The van der Waals surface area contributed by atoms with Gasteiger partial charge < -0.3 is 8.85 Å². The minimum atomic E-state index is -2.21. The van der Waals surface area contributed by atoms with Gasteiger partial charge in [0.1, 0.15) is 0 Å². The second kappa shape index (κ2) is 7.34. The molecule has 0 amide bonds. The third-order valence-electron chi connectivity index (χ3n) is 2.76. The van der Waals surface area contributed by atoms with Crippen LogP contribution < -0.4 is 0 Å². The van der Waals surface area contributed by atoms with E-state index < -0.39 is 8.56 Å². The predicted octanol–water partition coefficient (Wildman–Crippen LogP) is 4.15. The lowest BCUT2D eigenvalue weighted by Crippen LogP contribution is -2.44. The minimum Gasteiger partial charge on any atom is -0.391 e. The smallest absolute Gasteiger partial charge is 0.361 e. The van der Waals surface area contributed by atoms with Crippen molar-refractivity contribution in [3.8, 4) is 0 Å². The molecule has 0 fully saturated rings. The first-order valence-electron chi connectivity index (χ1n) is 6.67. The molecule has 0 aliphatic rings. The second-order valence-electron chi connectivity index (χ2n) is 6.00. The van der Waals surface area contributed by atoms with E-state index in [1.165, 1.54) is 0 Å². The van der Waals surface area contributed by atoms with Crippen LogP contribution in [0.4, 0.5) is 0 Å². The fourth-order valence-electron chi connectivity index (χ4n) is 1.79. The highest BCUT2D eigenvalue weighted by Crippen LogP contribution is 2.22. The number of hydrogen-bond donors (Lipinski definition) is 0. The van der Waals surface area contributed by atoms with Crippen molar-refractivity contribution in [3.05, 3.63) is 12.3 Å². The van der Waals surface area contributed by atoms with E-state index in [0.29, 0.717) is 17.8 Å². The Morgan fingerprint density at radius 1 is 1.06 bits per heavy atom. The fraction of sp³-hybridized carbons (Fsp3) is 0.857. The predicted molar refractivity (Wildman–Crippen MR) is 77.2 cm³/mol. The van der Waals surface area contributed by atoms with Crippen molar-refractivity contribution < 1.29 is 8.85 Å². The Labute approximate surface area is 109 Å². The zero-order valence-electron chi connectivity index (χ0n) is 12.6. The Morgan fingerprint density at radius 2 is 1.53 bits per heavy atom. The zero-order chi connectivity index (χ0) is 13.6. The van der Waals surface area contributed by atoms with E-state index in [9.17, 15) is 0 Å². The Morgan fingerprint density at radius 3 is 1.82 bits per heavy atom. The minimum absolute atomic E-state index is 0.247. The highest BCUT2D eigenvalue weighted by molar-refractivity contribution is 6.71. The molecule has 0 spiro atoms. The van der Waals surface area contributed by atoms with Crippen LogP contribution in [0.15, 0.2) is 12.3 Å². The lowest BCUT2D eigenvalue weighted by atomic mass is 9.97. The molecule has 2 nitrogen and oxygen atoms in total. The summed E-state index contributed by atoms with van der Waals surface area (Å²) in [7, 11) is -2.21. The molecular weight excluding hydrogens is 228 g/mol. The van der Waals surface area contributed by atoms with E-state index >= 15 is 0 Å². The monoisotopic (exact) mass is 258 g/mol. The van der Waals surface area contributed by atoms with Crippen LogP contribution in [0.3, 0.4) is 0 Å². The third-order valence-corrected chi connectivity index (χ3v) is 4.98. The summed E-state index contributed by atoms with van der Waals surface area (Å²) in [4.78, 5) is 0. The van der Waals surface area contributed by atoms with Crippen LogP contribution in [-0.2, 0) is 8.85 Å². The van der Waals surface area contributed by atoms with Gasteiger partial charge in [-0.25, -0.2) is 0 Å². The SMILES string of the molecule is C=C[Si](C)(OCC(C)C)OC(C(C)C)C(C)C. The molecule has 0 saturated heterocycles. The summed E-state index contributed by atoms with van der Waals surface area (Å²) in [5, 5.41) is 0. The molecule has 0 aliphatic heterocycles. The summed E-state index contributed by atoms with van der Waals surface area (Å²) in [5.41, 5.74) is 1.90. The van der Waals surface area contributed by atoms with Crippen LogP contribution in [0.1, 0.15) is 41.5 Å². The summed E-state index contributed by atoms with van der Waals surface area (Å²) < 4.78 is 12.2. The van der Waals surface area contributed by atoms with Crippen LogP contribution in [0, 0.1) is 17.8 Å². The van der Waals surface area contributed by atoms with Gasteiger partial charge in [0, 0.05) is 6.61 Å². The molecule has 0 aromatic heterocycles. The Balaban J connectivity index is 4.58. The van der Waals surface area contributed by atoms with Crippen molar-refractivity contribution in [1.29, 1.82) is 0 Å². The van der Waals surface area contributed by atoms with Gasteiger partial charge >= 0.3 is 8.56 Å². The fourth-order valence-corrected chi connectivity index (χ4v) is 3.82. The molecule has 0 aromatic carbocycles. The highest BCUT2D eigenvalue weighted by Gasteiger charge is 2.33. The molecule has 0 N–H and O–H groups in total. The summed E-state index contributed by atoms with van der Waals surface area (Å²) >= 11 is 0. The van der Waals surface area contributed by atoms with Crippen molar-refractivity contribution in [2.45, 2.75) is 54.2 Å². The molecular formula is C14H30O2Si. The standard InChI is InChI=1S/C14H30O2Si/c1-9-17(8,15-10-11(2)3)16-14(12(4)5)13(6)7/h9,11-14H,1,10H2,2-8H3. The van der Waals surface area contributed by atoms with Crippen molar-refractivity contribution in [3.63, 3.8) is 0 Å². The maximum Gasteiger partial charge on any atom is 0.361 e. The van der Waals surface area contributed by atoms with E-state index in [1.807, 2.05) is 5.70 Å². The average molecular weight is 258 g/mol. The molecule has 1 atom stereocenters. The van der Waals surface area contributed by atoms with Crippen LogP contribution >= 0.6 is 0 Å². The highest BCUT2D eigenvalue weighted by atomic mass is 28.4. The number of hydrogen-bond acceptors (Lipinski definition) is 2. The largest absolute Gasteiger partial charge is 0.391 e. The molecule has 17 heavy (non-hydrogen) atoms.